The van der Waals surface area contributed by atoms with Crippen molar-refractivity contribution in [2.45, 2.75) is 62.9 Å². The minimum atomic E-state index is -1.19. The van der Waals surface area contributed by atoms with Gasteiger partial charge in [-0.15, -0.1) is 0 Å². The third-order valence-electron chi connectivity index (χ3n) is 5.87. The van der Waals surface area contributed by atoms with Crippen LogP contribution in [0.1, 0.15) is 38.5 Å². The van der Waals surface area contributed by atoms with Gasteiger partial charge in [-0.2, -0.15) is 15.4 Å². The largest absolute Gasteiger partial charge is 0.494 e. The zero-order valence-electron chi connectivity index (χ0n) is 17.8. The number of hydrogen-bond acceptors (Lipinski definition) is 8. The first-order chi connectivity index (χ1) is 15.1. The van der Waals surface area contributed by atoms with E-state index in [1.165, 1.54) is 0 Å². The molecule has 0 spiro atoms. The van der Waals surface area contributed by atoms with Crippen LogP contribution in [-0.2, 0) is 0 Å². The average molecular weight is 435 g/mol. The van der Waals surface area contributed by atoms with Gasteiger partial charge in [0.15, 0.2) is 0 Å². The number of aromatic nitrogens is 3. The first-order valence-electron chi connectivity index (χ1n) is 11.1. The summed E-state index contributed by atoms with van der Waals surface area (Å²) in [4.78, 5) is 1.88. The van der Waals surface area contributed by atoms with E-state index in [1.807, 2.05) is 29.2 Å². The molecule has 0 radical (unpaired) electrons. The maximum Gasteiger partial charge on any atom is 0.119 e. The highest BCUT2D eigenvalue weighted by Gasteiger charge is 2.40. The molecule has 31 heavy (non-hydrogen) atoms. The number of β-amino-alcohol motifs (C(OH)–C–C–N with tert-alkyl or cyclic N) is 1. The Morgan fingerprint density at radius 2 is 1.81 bits per heavy atom. The van der Waals surface area contributed by atoms with E-state index in [-0.39, 0.29) is 13.2 Å². The molecule has 172 valence electrons. The molecular weight excluding hydrogens is 400 g/mol. The summed E-state index contributed by atoms with van der Waals surface area (Å²) in [6.07, 6.45) is 4.67. The molecule has 3 rings (SSSR count). The second-order valence-corrected chi connectivity index (χ2v) is 8.15. The minimum absolute atomic E-state index is 0.230. The van der Waals surface area contributed by atoms with Crippen LogP contribution in [-0.4, -0.2) is 91.4 Å². The predicted octanol–water partition coefficient (Wildman–Crippen LogP) is 0.950. The fourth-order valence-corrected chi connectivity index (χ4v) is 4.04. The second-order valence-electron chi connectivity index (χ2n) is 8.15. The van der Waals surface area contributed by atoms with Gasteiger partial charge in [0.05, 0.1) is 31.6 Å². The van der Waals surface area contributed by atoms with Crippen molar-refractivity contribution in [3.05, 3.63) is 30.5 Å². The Morgan fingerprint density at radius 3 is 2.55 bits per heavy atom. The maximum absolute atomic E-state index is 10.0. The first-order valence-corrected chi connectivity index (χ1v) is 11.1. The summed E-state index contributed by atoms with van der Waals surface area (Å²) in [6, 6.07) is 7.31. The fraction of sp³-hybridized carbons (Fsp3) is 0.636. The zero-order chi connectivity index (χ0) is 22.1. The average Bonchev–Trinajstić information content (AvgIpc) is 3.32. The van der Waals surface area contributed by atoms with E-state index in [2.05, 4.69) is 15.4 Å². The highest BCUT2D eigenvalue weighted by Crippen LogP contribution is 2.22. The molecule has 1 aromatic carbocycles. The normalized spacial score (nSPS) is 24.4. The molecule has 1 aliphatic rings. The number of ether oxygens (including phenoxy) is 1. The van der Waals surface area contributed by atoms with Crippen LogP contribution in [0.5, 0.6) is 5.75 Å². The van der Waals surface area contributed by atoms with Gasteiger partial charge in [-0.25, -0.2) is 0 Å². The lowest BCUT2D eigenvalue weighted by Crippen LogP contribution is -2.62. The molecule has 1 aliphatic heterocycles. The minimum Gasteiger partial charge on any atom is -0.494 e. The summed E-state index contributed by atoms with van der Waals surface area (Å²) in [5.74, 6) is 0.829. The molecule has 9 nitrogen and oxygen atoms in total. The number of unbranched alkanes of at least 4 members (excludes halogenated alkanes) is 5. The van der Waals surface area contributed by atoms with Gasteiger partial charge in [-0.1, -0.05) is 37.8 Å². The van der Waals surface area contributed by atoms with Gasteiger partial charge in [-0.3, -0.25) is 4.90 Å². The van der Waals surface area contributed by atoms with Crippen molar-refractivity contribution in [2.24, 2.45) is 0 Å². The van der Waals surface area contributed by atoms with E-state index in [0.717, 1.165) is 55.5 Å². The molecule has 1 fully saturated rings. The monoisotopic (exact) mass is 434 g/mol. The van der Waals surface area contributed by atoms with Gasteiger partial charge in [0.1, 0.15) is 23.7 Å². The molecule has 0 unspecified atom stereocenters. The Labute approximate surface area is 182 Å². The van der Waals surface area contributed by atoms with Crippen LogP contribution in [0.2, 0.25) is 0 Å². The SMILES string of the molecule is OC[C@@H]1[C@@H](O)[C@H](O)[C@@H](O)CN1CCCCCCCCOc1cccc(-c2cn[nH]n2)c1. The highest BCUT2D eigenvalue weighted by atomic mass is 16.5. The number of rotatable bonds is 12. The van der Waals surface area contributed by atoms with Crippen LogP contribution in [0.15, 0.2) is 30.5 Å². The van der Waals surface area contributed by atoms with Crippen molar-refractivity contribution in [3.8, 4) is 17.0 Å². The molecule has 0 bridgehead atoms. The number of aliphatic hydroxyl groups is 4. The number of nitrogens with zero attached hydrogens (tertiary/aromatic N) is 3. The third-order valence-corrected chi connectivity index (χ3v) is 5.87. The van der Waals surface area contributed by atoms with E-state index in [9.17, 15) is 20.4 Å². The summed E-state index contributed by atoms with van der Waals surface area (Å²) in [6.45, 7) is 1.41. The molecule has 0 amide bonds. The van der Waals surface area contributed by atoms with E-state index in [4.69, 9.17) is 4.74 Å². The van der Waals surface area contributed by atoms with Crippen LogP contribution in [0.4, 0.5) is 0 Å². The summed E-state index contributed by atoms with van der Waals surface area (Å²) in [7, 11) is 0. The van der Waals surface area contributed by atoms with Crippen LogP contribution in [0.3, 0.4) is 0 Å². The van der Waals surface area contributed by atoms with Crippen molar-refractivity contribution >= 4 is 0 Å². The standard InChI is InChI=1S/C22H34N4O5/c27-15-19-21(29)22(30)20(28)14-26(19)10-5-3-1-2-4-6-11-31-17-9-7-8-16(12-17)18-13-23-25-24-18/h7-9,12-13,19-22,27-30H,1-6,10-11,14-15H2,(H,23,24,25)/t19-,20+,21-,22-/m1/s1. The lowest BCUT2D eigenvalue weighted by Gasteiger charge is -2.43. The number of H-pyrrole nitrogens is 1. The van der Waals surface area contributed by atoms with Gasteiger partial charge in [-0.05, 0) is 31.5 Å². The summed E-state index contributed by atoms with van der Waals surface area (Å²) < 4.78 is 5.85. The number of hydrogen-bond donors (Lipinski definition) is 5. The van der Waals surface area contributed by atoms with E-state index < -0.39 is 24.4 Å². The lowest BCUT2D eigenvalue weighted by atomic mass is 9.94. The third kappa shape index (κ3) is 6.72. The predicted molar refractivity (Wildman–Crippen MR) is 115 cm³/mol. The fourth-order valence-electron chi connectivity index (χ4n) is 4.04. The van der Waals surface area contributed by atoms with Crippen LogP contribution >= 0.6 is 0 Å². The molecule has 5 N–H and O–H groups in total. The quantitative estimate of drug-likeness (QED) is 0.312. The van der Waals surface area contributed by atoms with Gasteiger partial charge in [0, 0.05) is 12.1 Å². The summed E-state index contributed by atoms with van der Waals surface area (Å²) >= 11 is 0. The number of aliphatic hydroxyl groups excluding tert-OH is 4. The Bertz CT molecular complexity index is 760. The molecule has 1 aromatic heterocycles. The van der Waals surface area contributed by atoms with Crippen LogP contribution < -0.4 is 4.74 Å². The number of nitrogens with one attached hydrogen (secondary N) is 1. The lowest BCUT2D eigenvalue weighted by molar-refractivity contribution is -0.145. The molecule has 2 aromatic rings. The van der Waals surface area contributed by atoms with Crippen LogP contribution in [0, 0.1) is 0 Å². The van der Waals surface area contributed by atoms with Crippen molar-refractivity contribution in [2.75, 3.05) is 26.3 Å². The Hall–Kier alpha value is -2.04. The highest BCUT2D eigenvalue weighted by molar-refractivity contribution is 5.59. The summed E-state index contributed by atoms with van der Waals surface area (Å²) in [5, 5.41) is 49.6. The Kier molecular flexibility index (Phi) is 9.23. The zero-order valence-corrected chi connectivity index (χ0v) is 17.8. The smallest absolute Gasteiger partial charge is 0.119 e. The molecule has 9 heteroatoms. The summed E-state index contributed by atoms with van der Waals surface area (Å²) in [5.41, 5.74) is 1.76. The number of benzene rings is 1. The number of likely N-dealkylation sites (tertiary alicyclic amines) is 1. The molecule has 2 heterocycles. The Balaban J connectivity index is 1.25. The molecule has 0 aliphatic carbocycles. The first kappa shape index (κ1) is 23.6. The number of aromatic amines is 1. The van der Waals surface area contributed by atoms with Crippen molar-refractivity contribution in [1.82, 2.24) is 20.3 Å². The van der Waals surface area contributed by atoms with Gasteiger partial charge >= 0.3 is 0 Å². The van der Waals surface area contributed by atoms with Gasteiger partial charge < -0.3 is 25.2 Å². The Morgan fingerprint density at radius 1 is 1.03 bits per heavy atom. The van der Waals surface area contributed by atoms with Crippen molar-refractivity contribution < 1.29 is 25.2 Å². The molecular formula is C22H34N4O5. The van der Waals surface area contributed by atoms with E-state index >= 15 is 0 Å². The van der Waals surface area contributed by atoms with E-state index in [0.29, 0.717) is 13.2 Å². The van der Waals surface area contributed by atoms with Gasteiger partial charge in [0.2, 0.25) is 0 Å². The van der Waals surface area contributed by atoms with Gasteiger partial charge in [0.25, 0.3) is 0 Å². The number of piperidine rings is 1. The van der Waals surface area contributed by atoms with E-state index in [1.54, 1.807) is 6.20 Å². The molecule has 4 atom stereocenters. The van der Waals surface area contributed by atoms with Crippen molar-refractivity contribution in [1.29, 1.82) is 0 Å². The maximum atomic E-state index is 10.0. The van der Waals surface area contributed by atoms with Crippen LogP contribution in [0.25, 0.3) is 11.3 Å². The molecule has 0 saturated carbocycles. The topological polar surface area (TPSA) is 135 Å². The second kappa shape index (κ2) is 12.1. The molecule has 1 saturated heterocycles. The van der Waals surface area contributed by atoms with Crippen molar-refractivity contribution in [3.63, 3.8) is 0 Å².